The number of unbranched alkanes of at least 4 members (excludes halogenated alkanes) is 1. The van der Waals surface area contributed by atoms with Gasteiger partial charge in [-0.25, -0.2) is 0 Å². The molecular formula is C13H16O2. The van der Waals surface area contributed by atoms with E-state index < -0.39 is 0 Å². The smallest absolute Gasteiger partial charge is 0.134 e. The van der Waals surface area contributed by atoms with E-state index in [1.807, 2.05) is 25.1 Å². The van der Waals surface area contributed by atoms with E-state index >= 15 is 0 Å². The van der Waals surface area contributed by atoms with Crippen molar-refractivity contribution in [3.63, 3.8) is 0 Å². The lowest BCUT2D eigenvalue weighted by molar-refractivity contribution is 0.290. The van der Waals surface area contributed by atoms with Crippen molar-refractivity contribution in [2.24, 2.45) is 0 Å². The van der Waals surface area contributed by atoms with Crippen LogP contribution in [0.4, 0.5) is 0 Å². The van der Waals surface area contributed by atoms with Crippen LogP contribution in [-0.2, 0) is 0 Å². The lowest BCUT2D eigenvalue weighted by Gasteiger charge is -2.03. The van der Waals surface area contributed by atoms with Crippen molar-refractivity contribution in [2.75, 3.05) is 13.7 Å². The van der Waals surface area contributed by atoms with Gasteiger partial charge in [-0.2, -0.15) is 0 Å². The Labute approximate surface area is 90.9 Å². The molecule has 1 rings (SSSR count). The fourth-order valence-electron chi connectivity index (χ4n) is 1.24. The van der Waals surface area contributed by atoms with Crippen LogP contribution in [0.15, 0.2) is 18.2 Å². The van der Waals surface area contributed by atoms with Gasteiger partial charge in [-0.3, -0.25) is 0 Å². The third kappa shape index (κ3) is 3.65. The molecule has 2 heteroatoms. The van der Waals surface area contributed by atoms with Crippen LogP contribution in [0.5, 0.6) is 5.75 Å². The van der Waals surface area contributed by atoms with Crippen molar-refractivity contribution in [2.45, 2.75) is 19.8 Å². The number of ether oxygens (including phenoxy) is 1. The molecule has 0 unspecified atom stereocenters. The first kappa shape index (κ1) is 11.6. The summed E-state index contributed by atoms with van der Waals surface area (Å²) in [6, 6.07) is 5.92. The molecule has 2 nitrogen and oxygen atoms in total. The van der Waals surface area contributed by atoms with E-state index in [0.29, 0.717) is 6.42 Å². The molecule has 0 spiro atoms. The van der Waals surface area contributed by atoms with Crippen molar-refractivity contribution in [1.82, 2.24) is 0 Å². The molecule has 0 aromatic heterocycles. The number of hydrogen-bond acceptors (Lipinski definition) is 2. The van der Waals surface area contributed by atoms with Crippen molar-refractivity contribution >= 4 is 0 Å². The lowest BCUT2D eigenvalue weighted by atomic mass is 10.1. The van der Waals surface area contributed by atoms with Crippen LogP contribution >= 0.6 is 0 Å². The highest BCUT2D eigenvalue weighted by atomic mass is 16.5. The van der Waals surface area contributed by atoms with Crippen LogP contribution < -0.4 is 4.74 Å². The molecule has 1 aromatic rings. The first-order valence-corrected chi connectivity index (χ1v) is 5.02. The summed E-state index contributed by atoms with van der Waals surface area (Å²) in [7, 11) is 1.64. The molecule has 15 heavy (non-hydrogen) atoms. The average molecular weight is 204 g/mol. The van der Waals surface area contributed by atoms with Crippen molar-refractivity contribution in [1.29, 1.82) is 0 Å². The van der Waals surface area contributed by atoms with Crippen LogP contribution in [0.1, 0.15) is 24.0 Å². The molecule has 0 amide bonds. The maximum Gasteiger partial charge on any atom is 0.134 e. The van der Waals surface area contributed by atoms with Gasteiger partial charge in [0.15, 0.2) is 0 Å². The summed E-state index contributed by atoms with van der Waals surface area (Å²) < 4.78 is 5.21. The second kappa shape index (κ2) is 6.10. The molecule has 0 bridgehead atoms. The van der Waals surface area contributed by atoms with Crippen LogP contribution in [0.2, 0.25) is 0 Å². The minimum atomic E-state index is 0.194. The maximum atomic E-state index is 8.62. The van der Waals surface area contributed by atoms with E-state index in [9.17, 15) is 0 Å². The number of aliphatic hydroxyl groups is 1. The molecule has 0 aliphatic carbocycles. The number of aryl methyl sites for hydroxylation is 1. The highest BCUT2D eigenvalue weighted by molar-refractivity contribution is 5.47. The molecule has 0 aliphatic rings. The van der Waals surface area contributed by atoms with Crippen LogP contribution in [0, 0.1) is 18.8 Å². The molecule has 0 aliphatic heterocycles. The van der Waals surface area contributed by atoms with Crippen LogP contribution in [0.3, 0.4) is 0 Å². The summed E-state index contributed by atoms with van der Waals surface area (Å²) in [5, 5.41) is 8.62. The molecule has 0 fully saturated rings. The van der Waals surface area contributed by atoms with E-state index in [1.165, 1.54) is 5.56 Å². The molecule has 0 saturated heterocycles. The molecule has 0 radical (unpaired) electrons. The number of hydrogen-bond donors (Lipinski definition) is 1. The van der Waals surface area contributed by atoms with Crippen LogP contribution in [-0.4, -0.2) is 18.8 Å². The zero-order chi connectivity index (χ0) is 11.1. The number of rotatable bonds is 3. The van der Waals surface area contributed by atoms with Gasteiger partial charge in [0, 0.05) is 13.0 Å². The second-order valence-corrected chi connectivity index (χ2v) is 3.33. The Morgan fingerprint density at radius 2 is 2.20 bits per heavy atom. The van der Waals surface area contributed by atoms with Gasteiger partial charge in [-0.1, -0.05) is 17.9 Å². The quantitative estimate of drug-likeness (QED) is 0.603. The first-order chi connectivity index (χ1) is 7.27. The summed E-state index contributed by atoms with van der Waals surface area (Å²) in [5.74, 6) is 6.87. The van der Waals surface area contributed by atoms with Gasteiger partial charge < -0.3 is 9.84 Å². The van der Waals surface area contributed by atoms with Gasteiger partial charge in [0.2, 0.25) is 0 Å². The zero-order valence-electron chi connectivity index (χ0n) is 9.21. The largest absolute Gasteiger partial charge is 0.495 e. The molecule has 1 N–H and O–H groups in total. The van der Waals surface area contributed by atoms with E-state index in [1.54, 1.807) is 7.11 Å². The lowest BCUT2D eigenvalue weighted by Crippen LogP contribution is -1.88. The van der Waals surface area contributed by atoms with Crippen molar-refractivity contribution < 1.29 is 9.84 Å². The van der Waals surface area contributed by atoms with E-state index in [4.69, 9.17) is 9.84 Å². The SMILES string of the molecule is COc1ccc(C)cc1C#CCCCO. The van der Waals surface area contributed by atoms with E-state index in [-0.39, 0.29) is 6.61 Å². The summed E-state index contributed by atoms with van der Waals surface area (Å²) in [6.45, 7) is 2.22. The predicted octanol–water partition coefficient (Wildman–Crippen LogP) is 2.13. The Balaban J connectivity index is 2.80. The van der Waals surface area contributed by atoms with Gasteiger partial charge in [-0.05, 0) is 31.0 Å². The predicted molar refractivity (Wildman–Crippen MR) is 60.9 cm³/mol. The highest BCUT2D eigenvalue weighted by Gasteiger charge is 1.98. The van der Waals surface area contributed by atoms with Crippen LogP contribution in [0.25, 0.3) is 0 Å². The summed E-state index contributed by atoms with van der Waals surface area (Å²) in [4.78, 5) is 0. The van der Waals surface area contributed by atoms with Gasteiger partial charge in [0.05, 0.1) is 12.7 Å². The third-order valence-electron chi connectivity index (χ3n) is 2.04. The summed E-state index contributed by atoms with van der Waals surface area (Å²) >= 11 is 0. The van der Waals surface area contributed by atoms with E-state index in [0.717, 1.165) is 17.7 Å². The highest BCUT2D eigenvalue weighted by Crippen LogP contribution is 2.18. The molecule has 1 aromatic carbocycles. The molecule has 0 atom stereocenters. The fraction of sp³-hybridized carbons (Fsp3) is 0.385. The maximum absolute atomic E-state index is 8.62. The summed E-state index contributed by atoms with van der Waals surface area (Å²) in [6.07, 6.45) is 1.44. The Hall–Kier alpha value is -1.46. The number of benzene rings is 1. The van der Waals surface area contributed by atoms with Crippen molar-refractivity contribution in [3.05, 3.63) is 29.3 Å². The Kier molecular flexibility index (Phi) is 4.73. The first-order valence-electron chi connectivity index (χ1n) is 5.02. The second-order valence-electron chi connectivity index (χ2n) is 3.33. The monoisotopic (exact) mass is 204 g/mol. The number of methoxy groups -OCH3 is 1. The van der Waals surface area contributed by atoms with Gasteiger partial charge in [0.1, 0.15) is 5.75 Å². The fourth-order valence-corrected chi connectivity index (χ4v) is 1.24. The van der Waals surface area contributed by atoms with Gasteiger partial charge in [-0.15, -0.1) is 0 Å². The number of aliphatic hydroxyl groups excluding tert-OH is 1. The molecular weight excluding hydrogens is 188 g/mol. The Morgan fingerprint density at radius 1 is 1.40 bits per heavy atom. The Bertz CT molecular complexity index is 372. The minimum Gasteiger partial charge on any atom is -0.495 e. The molecule has 80 valence electrons. The van der Waals surface area contributed by atoms with Gasteiger partial charge >= 0.3 is 0 Å². The zero-order valence-corrected chi connectivity index (χ0v) is 9.21. The molecule has 0 saturated carbocycles. The standard InChI is InChI=1S/C13H16O2/c1-11-7-8-13(15-2)12(10-11)6-4-3-5-9-14/h7-8,10,14H,3,5,9H2,1-2H3. The topological polar surface area (TPSA) is 29.5 Å². The molecule has 0 heterocycles. The van der Waals surface area contributed by atoms with E-state index in [2.05, 4.69) is 11.8 Å². The third-order valence-corrected chi connectivity index (χ3v) is 2.04. The van der Waals surface area contributed by atoms with Crippen molar-refractivity contribution in [3.8, 4) is 17.6 Å². The average Bonchev–Trinajstić information content (AvgIpc) is 2.25. The normalized spacial score (nSPS) is 9.27. The Morgan fingerprint density at radius 3 is 2.87 bits per heavy atom. The summed E-state index contributed by atoms with van der Waals surface area (Å²) in [5.41, 5.74) is 2.08. The minimum absolute atomic E-state index is 0.194. The van der Waals surface area contributed by atoms with Gasteiger partial charge in [0.25, 0.3) is 0 Å².